The lowest BCUT2D eigenvalue weighted by molar-refractivity contribution is -0.139. The van der Waals surface area contributed by atoms with Crippen LogP contribution in [0.3, 0.4) is 0 Å². The fourth-order valence-corrected chi connectivity index (χ4v) is 0.916. The van der Waals surface area contributed by atoms with Crippen LogP contribution in [0.5, 0.6) is 0 Å². The summed E-state index contributed by atoms with van der Waals surface area (Å²) in [7, 11) is 0. The minimum Gasteiger partial charge on any atom is -0.481 e. The molecule has 0 aliphatic heterocycles. The lowest BCUT2D eigenvalue weighted by Gasteiger charge is -2.12. The number of hydrogen-bond donors (Lipinski definition) is 2. The van der Waals surface area contributed by atoms with Gasteiger partial charge in [0.05, 0.1) is 12.5 Å². The minimum absolute atomic E-state index is 0.135. The second-order valence-corrected chi connectivity index (χ2v) is 3.00. The van der Waals surface area contributed by atoms with Crippen LogP contribution in [0.1, 0.15) is 33.1 Å². The first-order valence-corrected chi connectivity index (χ1v) is 3.96. The van der Waals surface area contributed by atoms with E-state index in [0.717, 1.165) is 6.42 Å². The topological polar surface area (TPSA) is 57.5 Å². The molecule has 3 nitrogen and oxygen atoms in total. The number of aliphatic carboxylic acids is 1. The van der Waals surface area contributed by atoms with Crippen molar-refractivity contribution in [3.63, 3.8) is 0 Å². The molecular formula is C8H16O3. The third kappa shape index (κ3) is 5.85. The highest BCUT2D eigenvalue weighted by Crippen LogP contribution is 2.11. The summed E-state index contributed by atoms with van der Waals surface area (Å²) in [5.74, 6) is -0.523. The highest BCUT2D eigenvalue weighted by molar-refractivity contribution is 5.67. The van der Waals surface area contributed by atoms with Gasteiger partial charge in [-0.1, -0.05) is 20.3 Å². The number of aliphatic hydroxyl groups excluding tert-OH is 1. The predicted molar refractivity (Wildman–Crippen MR) is 42.3 cm³/mol. The first-order chi connectivity index (χ1) is 5.06. The number of aliphatic hydroxyl groups is 1. The van der Waals surface area contributed by atoms with Crippen molar-refractivity contribution in [1.82, 2.24) is 0 Å². The second kappa shape index (κ2) is 5.13. The zero-order chi connectivity index (χ0) is 8.85. The van der Waals surface area contributed by atoms with Crippen LogP contribution in [-0.2, 0) is 4.79 Å². The van der Waals surface area contributed by atoms with E-state index in [1.165, 1.54) is 0 Å². The van der Waals surface area contributed by atoms with Crippen molar-refractivity contribution in [2.24, 2.45) is 5.92 Å². The summed E-state index contributed by atoms with van der Waals surface area (Å²) in [5, 5.41) is 17.4. The zero-order valence-corrected chi connectivity index (χ0v) is 7.08. The van der Waals surface area contributed by atoms with E-state index in [1.807, 2.05) is 13.8 Å². The van der Waals surface area contributed by atoms with Crippen LogP contribution in [-0.4, -0.2) is 22.3 Å². The van der Waals surface area contributed by atoms with Gasteiger partial charge in [0.1, 0.15) is 0 Å². The number of carboxylic acid groups (broad SMARTS) is 1. The Morgan fingerprint density at radius 2 is 2.09 bits per heavy atom. The van der Waals surface area contributed by atoms with Crippen LogP contribution < -0.4 is 0 Å². The second-order valence-electron chi connectivity index (χ2n) is 3.00. The van der Waals surface area contributed by atoms with Gasteiger partial charge in [0.25, 0.3) is 0 Å². The van der Waals surface area contributed by atoms with Crippen molar-refractivity contribution in [1.29, 1.82) is 0 Å². The number of carboxylic acids is 1. The Morgan fingerprint density at radius 3 is 2.45 bits per heavy atom. The Bertz CT molecular complexity index is 123. The Balaban J connectivity index is 3.51. The van der Waals surface area contributed by atoms with Crippen molar-refractivity contribution >= 4 is 5.97 Å². The Kier molecular flexibility index (Phi) is 4.86. The molecule has 0 aromatic heterocycles. The van der Waals surface area contributed by atoms with Gasteiger partial charge in [0.15, 0.2) is 0 Å². The number of rotatable bonds is 5. The molecule has 66 valence electrons. The van der Waals surface area contributed by atoms with Gasteiger partial charge in [0, 0.05) is 0 Å². The predicted octanol–water partition coefficient (Wildman–Crippen LogP) is 1.26. The molecule has 2 unspecified atom stereocenters. The van der Waals surface area contributed by atoms with E-state index in [-0.39, 0.29) is 6.42 Å². The van der Waals surface area contributed by atoms with Crippen molar-refractivity contribution < 1.29 is 15.0 Å². The smallest absolute Gasteiger partial charge is 0.305 e. The van der Waals surface area contributed by atoms with Crippen LogP contribution in [0.2, 0.25) is 0 Å². The molecule has 0 aliphatic carbocycles. The first-order valence-electron chi connectivity index (χ1n) is 3.96. The maximum atomic E-state index is 10.1. The van der Waals surface area contributed by atoms with Gasteiger partial charge in [-0.05, 0) is 12.3 Å². The fourth-order valence-electron chi connectivity index (χ4n) is 0.916. The van der Waals surface area contributed by atoms with Gasteiger partial charge in [0.2, 0.25) is 0 Å². The quantitative estimate of drug-likeness (QED) is 0.636. The van der Waals surface area contributed by atoms with Gasteiger partial charge >= 0.3 is 5.97 Å². The van der Waals surface area contributed by atoms with Gasteiger partial charge in [-0.3, -0.25) is 4.79 Å². The van der Waals surface area contributed by atoms with E-state index in [1.54, 1.807) is 0 Å². The lowest BCUT2D eigenvalue weighted by atomic mass is 9.99. The van der Waals surface area contributed by atoms with Gasteiger partial charge < -0.3 is 10.2 Å². The summed E-state index contributed by atoms with van der Waals surface area (Å²) in [6.07, 6.45) is 0.756. The normalized spacial score (nSPS) is 15.9. The lowest BCUT2D eigenvalue weighted by Crippen LogP contribution is -2.15. The summed E-state index contributed by atoms with van der Waals surface area (Å²) in [6, 6.07) is 0. The largest absolute Gasteiger partial charge is 0.481 e. The van der Waals surface area contributed by atoms with Gasteiger partial charge in [-0.15, -0.1) is 0 Å². The maximum Gasteiger partial charge on any atom is 0.305 e. The highest BCUT2D eigenvalue weighted by atomic mass is 16.4. The molecule has 0 saturated heterocycles. The van der Waals surface area contributed by atoms with Crippen LogP contribution in [0.25, 0.3) is 0 Å². The molecule has 2 N–H and O–H groups in total. The molecule has 0 rings (SSSR count). The van der Waals surface area contributed by atoms with Crippen LogP contribution >= 0.6 is 0 Å². The summed E-state index contributed by atoms with van der Waals surface area (Å²) < 4.78 is 0. The molecule has 0 amide bonds. The van der Waals surface area contributed by atoms with E-state index in [0.29, 0.717) is 12.3 Å². The summed E-state index contributed by atoms with van der Waals surface area (Å²) in [5.41, 5.74) is 0. The minimum atomic E-state index is -0.930. The molecule has 2 atom stereocenters. The van der Waals surface area contributed by atoms with E-state index < -0.39 is 12.1 Å². The molecule has 0 aromatic rings. The maximum absolute atomic E-state index is 10.1. The molecule has 0 bridgehead atoms. The molecule has 0 radical (unpaired) electrons. The van der Waals surface area contributed by atoms with Crippen molar-refractivity contribution in [2.75, 3.05) is 0 Å². The van der Waals surface area contributed by atoms with Crippen molar-refractivity contribution in [3.8, 4) is 0 Å². The molecule has 0 aromatic carbocycles. The monoisotopic (exact) mass is 160 g/mol. The molecule has 0 heterocycles. The van der Waals surface area contributed by atoms with E-state index in [4.69, 9.17) is 10.2 Å². The fraction of sp³-hybridized carbons (Fsp3) is 0.875. The molecule has 11 heavy (non-hydrogen) atoms. The molecule has 0 saturated carbocycles. The van der Waals surface area contributed by atoms with Crippen molar-refractivity contribution in [3.05, 3.63) is 0 Å². The van der Waals surface area contributed by atoms with E-state index in [9.17, 15) is 4.79 Å². The summed E-state index contributed by atoms with van der Waals surface area (Å²) >= 11 is 0. The average Bonchev–Trinajstić information content (AvgIpc) is 1.85. The van der Waals surface area contributed by atoms with E-state index in [2.05, 4.69) is 0 Å². The third-order valence-corrected chi connectivity index (χ3v) is 1.78. The Morgan fingerprint density at radius 1 is 1.55 bits per heavy atom. The first kappa shape index (κ1) is 10.4. The van der Waals surface area contributed by atoms with E-state index >= 15 is 0 Å². The molecular weight excluding hydrogens is 144 g/mol. The number of hydrogen-bond acceptors (Lipinski definition) is 2. The SMILES string of the molecule is CCC(C)CC(O)CC(=O)O. The highest BCUT2D eigenvalue weighted by Gasteiger charge is 2.11. The average molecular weight is 160 g/mol. The summed E-state index contributed by atoms with van der Waals surface area (Å²) in [6.45, 7) is 4.03. The summed E-state index contributed by atoms with van der Waals surface area (Å²) in [4.78, 5) is 10.1. The number of carbonyl (C=O) groups is 1. The Hall–Kier alpha value is -0.570. The molecule has 0 fully saturated rings. The standard InChI is InChI=1S/C8H16O3/c1-3-6(2)4-7(9)5-8(10)11/h6-7,9H,3-5H2,1-2H3,(H,10,11). The molecule has 0 spiro atoms. The molecule has 3 heteroatoms. The van der Waals surface area contributed by atoms with Crippen LogP contribution in [0.4, 0.5) is 0 Å². The third-order valence-electron chi connectivity index (χ3n) is 1.78. The van der Waals surface area contributed by atoms with Gasteiger partial charge in [-0.2, -0.15) is 0 Å². The van der Waals surface area contributed by atoms with Gasteiger partial charge in [-0.25, -0.2) is 0 Å². The molecule has 0 aliphatic rings. The Labute approximate surface area is 67.0 Å². The zero-order valence-electron chi connectivity index (χ0n) is 7.08. The van der Waals surface area contributed by atoms with Crippen LogP contribution in [0, 0.1) is 5.92 Å². The van der Waals surface area contributed by atoms with Crippen molar-refractivity contribution in [2.45, 2.75) is 39.2 Å². The van der Waals surface area contributed by atoms with Crippen LogP contribution in [0.15, 0.2) is 0 Å².